The van der Waals surface area contributed by atoms with Gasteiger partial charge in [-0.15, -0.1) is 0 Å². The molecule has 1 N–H and O–H groups in total. The van der Waals surface area contributed by atoms with Gasteiger partial charge in [-0.1, -0.05) is 13.8 Å². The highest BCUT2D eigenvalue weighted by Gasteiger charge is 2.24. The second kappa shape index (κ2) is 10.9. The summed E-state index contributed by atoms with van der Waals surface area (Å²) in [7, 11) is 1.71. The van der Waals surface area contributed by atoms with Crippen molar-refractivity contribution in [3.05, 3.63) is 0 Å². The highest BCUT2D eigenvalue weighted by Crippen LogP contribution is 2.16. The Labute approximate surface area is 130 Å². The number of rotatable bonds is 9. The van der Waals surface area contributed by atoms with Gasteiger partial charge in [-0.2, -0.15) is 0 Å². The molecule has 5 nitrogen and oxygen atoms in total. The van der Waals surface area contributed by atoms with Crippen molar-refractivity contribution in [1.29, 1.82) is 0 Å². The molecule has 1 heterocycles. The first kappa shape index (κ1) is 18.2. The van der Waals surface area contributed by atoms with Gasteiger partial charge in [0.15, 0.2) is 5.96 Å². The Morgan fingerprint density at radius 3 is 2.86 bits per heavy atom. The van der Waals surface area contributed by atoms with Gasteiger partial charge in [0.25, 0.3) is 0 Å². The van der Waals surface area contributed by atoms with Crippen LogP contribution in [0.2, 0.25) is 0 Å². The van der Waals surface area contributed by atoms with E-state index in [1.165, 1.54) is 6.42 Å². The first-order valence-corrected chi connectivity index (χ1v) is 8.27. The van der Waals surface area contributed by atoms with Gasteiger partial charge in [0.05, 0.1) is 19.8 Å². The molecule has 1 saturated heterocycles. The largest absolute Gasteiger partial charge is 0.382 e. The van der Waals surface area contributed by atoms with Crippen LogP contribution >= 0.6 is 0 Å². The van der Waals surface area contributed by atoms with Crippen LogP contribution in [-0.2, 0) is 9.47 Å². The third-order valence-corrected chi connectivity index (χ3v) is 3.67. The summed E-state index contributed by atoms with van der Waals surface area (Å²) in [5.74, 6) is 2.38. The van der Waals surface area contributed by atoms with Gasteiger partial charge in [0.1, 0.15) is 0 Å². The first-order chi connectivity index (χ1) is 10.2. The topological polar surface area (TPSA) is 46.1 Å². The SMILES string of the molecule is CCNC(=NCCC(C)C)N1CCC(COCCOC)C1. The minimum Gasteiger partial charge on any atom is -0.382 e. The molecule has 0 aromatic heterocycles. The molecule has 1 rings (SSSR count). The molecule has 1 unspecified atom stereocenters. The van der Waals surface area contributed by atoms with Gasteiger partial charge >= 0.3 is 0 Å². The van der Waals surface area contributed by atoms with Crippen LogP contribution in [0.4, 0.5) is 0 Å². The van der Waals surface area contributed by atoms with Gasteiger partial charge in [-0.05, 0) is 25.7 Å². The number of nitrogens with zero attached hydrogens (tertiary/aromatic N) is 2. The number of nitrogens with one attached hydrogen (secondary N) is 1. The monoisotopic (exact) mass is 299 g/mol. The Morgan fingerprint density at radius 1 is 1.38 bits per heavy atom. The quantitative estimate of drug-likeness (QED) is 0.402. The van der Waals surface area contributed by atoms with E-state index in [1.54, 1.807) is 7.11 Å². The summed E-state index contributed by atoms with van der Waals surface area (Å²) in [4.78, 5) is 7.12. The fourth-order valence-electron chi connectivity index (χ4n) is 2.41. The van der Waals surface area contributed by atoms with Crippen molar-refractivity contribution in [2.24, 2.45) is 16.8 Å². The number of guanidine groups is 1. The van der Waals surface area contributed by atoms with Crippen LogP contribution in [0.5, 0.6) is 0 Å². The molecule has 1 aliphatic rings. The molecule has 0 bridgehead atoms. The molecule has 0 saturated carbocycles. The fraction of sp³-hybridized carbons (Fsp3) is 0.938. The second-order valence-corrected chi connectivity index (χ2v) is 6.09. The lowest BCUT2D eigenvalue weighted by Gasteiger charge is -2.22. The van der Waals surface area contributed by atoms with E-state index >= 15 is 0 Å². The first-order valence-electron chi connectivity index (χ1n) is 8.27. The molecule has 0 radical (unpaired) electrons. The van der Waals surface area contributed by atoms with E-state index in [0.717, 1.165) is 45.2 Å². The Hall–Kier alpha value is -0.810. The van der Waals surface area contributed by atoms with Crippen molar-refractivity contribution in [3.63, 3.8) is 0 Å². The molecule has 1 aliphatic heterocycles. The molecular formula is C16H33N3O2. The van der Waals surface area contributed by atoms with Crippen LogP contribution in [0, 0.1) is 11.8 Å². The zero-order valence-corrected chi connectivity index (χ0v) is 14.2. The number of aliphatic imine (C=N–C) groups is 1. The lowest BCUT2D eigenvalue weighted by atomic mass is 10.1. The van der Waals surface area contributed by atoms with Crippen molar-refractivity contribution in [2.45, 2.75) is 33.6 Å². The maximum absolute atomic E-state index is 5.65. The van der Waals surface area contributed by atoms with Crippen LogP contribution in [0.25, 0.3) is 0 Å². The van der Waals surface area contributed by atoms with E-state index in [4.69, 9.17) is 14.5 Å². The predicted octanol–water partition coefficient (Wildman–Crippen LogP) is 1.98. The standard InChI is InChI=1S/C16H33N3O2/c1-5-17-16(18-8-6-14(2)3)19-9-7-15(12-19)13-21-11-10-20-4/h14-15H,5-13H2,1-4H3,(H,17,18). The summed E-state index contributed by atoms with van der Waals surface area (Å²) in [6.07, 6.45) is 2.33. The van der Waals surface area contributed by atoms with E-state index in [-0.39, 0.29) is 0 Å². The van der Waals surface area contributed by atoms with E-state index < -0.39 is 0 Å². The zero-order valence-electron chi connectivity index (χ0n) is 14.2. The Kier molecular flexibility index (Phi) is 9.42. The van der Waals surface area contributed by atoms with Gasteiger partial charge < -0.3 is 19.7 Å². The Bertz CT molecular complexity index is 295. The summed E-state index contributed by atoms with van der Waals surface area (Å²) in [6, 6.07) is 0. The number of methoxy groups -OCH3 is 1. The van der Waals surface area contributed by atoms with Gasteiger partial charge in [-0.3, -0.25) is 4.99 Å². The highest BCUT2D eigenvalue weighted by molar-refractivity contribution is 5.80. The fourth-order valence-corrected chi connectivity index (χ4v) is 2.41. The maximum atomic E-state index is 5.65. The molecule has 1 fully saturated rings. The minimum absolute atomic E-state index is 0.607. The lowest BCUT2D eigenvalue weighted by molar-refractivity contribution is 0.0536. The van der Waals surface area contributed by atoms with Crippen molar-refractivity contribution in [1.82, 2.24) is 10.2 Å². The third kappa shape index (κ3) is 7.67. The molecule has 0 amide bonds. The lowest BCUT2D eigenvalue weighted by Crippen LogP contribution is -2.40. The molecule has 124 valence electrons. The molecule has 5 heteroatoms. The van der Waals surface area contributed by atoms with Gasteiger partial charge in [-0.25, -0.2) is 0 Å². The Balaban J connectivity index is 2.35. The van der Waals surface area contributed by atoms with Crippen LogP contribution in [-0.4, -0.2) is 64.0 Å². The molecule has 0 spiro atoms. The Morgan fingerprint density at radius 2 is 2.19 bits per heavy atom. The van der Waals surface area contributed by atoms with Crippen molar-refractivity contribution in [3.8, 4) is 0 Å². The second-order valence-electron chi connectivity index (χ2n) is 6.09. The number of ether oxygens (including phenoxy) is 2. The summed E-state index contributed by atoms with van der Waals surface area (Å²) < 4.78 is 10.6. The molecule has 1 atom stereocenters. The van der Waals surface area contributed by atoms with Crippen LogP contribution in [0.15, 0.2) is 4.99 Å². The van der Waals surface area contributed by atoms with Gasteiger partial charge in [0.2, 0.25) is 0 Å². The van der Waals surface area contributed by atoms with Gasteiger partial charge in [0, 0.05) is 39.2 Å². The van der Waals surface area contributed by atoms with E-state index in [9.17, 15) is 0 Å². The van der Waals surface area contributed by atoms with Crippen LogP contribution < -0.4 is 5.32 Å². The molecule has 0 aliphatic carbocycles. The summed E-state index contributed by atoms with van der Waals surface area (Å²) in [6.45, 7) is 12.7. The number of hydrogen-bond donors (Lipinski definition) is 1. The van der Waals surface area contributed by atoms with E-state index in [2.05, 4.69) is 31.0 Å². The molecule has 0 aromatic rings. The van der Waals surface area contributed by atoms with Crippen LogP contribution in [0.1, 0.15) is 33.6 Å². The average molecular weight is 299 g/mol. The third-order valence-electron chi connectivity index (χ3n) is 3.67. The minimum atomic E-state index is 0.607. The number of hydrogen-bond acceptors (Lipinski definition) is 3. The van der Waals surface area contributed by atoms with Crippen molar-refractivity contribution >= 4 is 5.96 Å². The smallest absolute Gasteiger partial charge is 0.193 e. The summed E-state index contributed by atoms with van der Waals surface area (Å²) in [5.41, 5.74) is 0. The maximum Gasteiger partial charge on any atom is 0.193 e. The van der Waals surface area contributed by atoms with Crippen molar-refractivity contribution in [2.75, 3.05) is 53.1 Å². The number of likely N-dealkylation sites (tertiary alicyclic amines) is 1. The van der Waals surface area contributed by atoms with E-state index in [1.807, 2.05) is 0 Å². The zero-order chi connectivity index (χ0) is 15.5. The summed E-state index contributed by atoms with van der Waals surface area (Å²) >= 11 is 0. The molecule has 0 aromatic carbocycles. The molecular weight excluding hydrogens is 266 g/mol. The predicted molar refractivity (Wildman–Crippen MR) is 87.8 cm³/mol. The normalized spacial score (nSPS) is 19.6. The van der Waals surface area contributed by atoms with Crippen LogP contribution in [0.3, 0.4) is 0 Å². The van der Waals surface area contributed by atoms with E-state index in [0.29, 0.717) is 25.0 Å². The molecule has 21 heavy (non-hydrogen) atoms. The van der Waals surface area contributed by atoms with Crippen molar-refractivity contribution < 1.29 is 9.47 Å². The summed E-state index contributed by atoms with van der Waals surface area (Å²) in [5, 5.41) is 3.41. The average Bonchev–Trinajstić information content (AvgIpc) is 2.91. The highest BCUT2D eigenvalue weighted by atomic mass is 16.5.